The Morgan fingerprint density at radius 2 is 2.00 bits per heavy atom. The van der Waals surface area contributed by atoms with Crippen molar-refractivity contribution in [3.8, 4) is 0 Å². The molecule has 1 rings (SSSR count). The fraction of sp³-hybridized carbons (Fsp3) is 0.533. The fourth-order valence-corrected chi connectivity index (χ4v) is 2.21. The van der Waals surface area contributed by atoms with E-state index in [1.165, 1.54) is 0 Å². The molecule has 0 aliphatic carbocycles. The Morgan fingerprint density at radius 1 is 1.32 bits per heavy atom. The topological polar surface area (TPSA) is 49.3 Å². The van der Waals surface area contributed by atoms with Crippen LogP contribution in [0.1, 0.15) is 31.7 Å². The van der Waals surface area contributed by atoms with Crippen LogP contribution >= 0.6 is 12.6 Å². The lowest BCUT2D eigenvalue weighted by molar-refractivity contribution is -0.120. The van der Waals surface area contributed by atoms with Crippen LogP contribution in [0.25, 0.3) is 0 Å². The molecule has 1 aromatic carbocycles. The molecule has 1 aromatic rings. The van der Waals surface area contributed by atoms with E-state index in [1.807, 2.05) is 24.3 Å². The first-order valence-corrected chi connectivity index (χ1v) is 7.26. The van der Waals surface area contributed by atoms with Crippen molar-refractivity contribution in [2.45, 2.75) is 37.5 Å². The van der Waals surface area contributed by atoms with E-state index in [0.29, 0.717) is 18.9 Å². The lowest BCUT2D eigenvalue weighted by Gasteiger charge is -2.15. The molecule has 0 spiro atoms. The van der Waals surface area contributed by atoms with Crippen LogP contribution in [0.15, 0.2) is 29.2 Å². The second-order valence-corrected chi connectivity index (χ2v) is 5.33. The Bertz CT molecular complexity index is 372. The van der Waals surface area contributed by atoms with Crippen LogP contribution in [0.3, 0.4) is 0 Å². The highest BCUT2D eigenvalue weighted by molar-refractivity contribution is 7.80. The average molecular weight is 281 g/mol. The molecule has 3 nitrogen and oxygen atoms in total. The van der Waals surface area contributed by atoms with Crippen molar-refractivity contribution in [2.24, 2.45) is 5.92 Å². The summed E-state index contributed by atoms with van der Waals surface area (Å²) in [5.41, 5.74) is 0.990. The summed E-state index contributed by atoms with van der Waals surface area (Å²) in [5.74, 6) is 0.407. The van der Waals surface area contributed by atoms with Crippen LogP contribution in [-0.2, 0) is 11.2 Å². The van der Waals surface area contributed by atoms with Crippen LogP contribution in [0.4, 0.5) is 0 Å². The number of rotatable bonds is 8. The van der Waals surface area contributed by atoms with Crippen molar-refractivity contribution in [3.63, 3.8) is 0 Å². The molecule has 0 aromatic heterocycles. The molecule has 0 aliphatic heterocycles. The molecule has 106 valence electrons. The first-order chi connectivity index (χ1) is 9.15. The van der Waals surface area contributed by atoms with Crippen LogP contribution in [0.2, 0.25) is 0 Å². The molecule has 0 fully saturated rings. The van der Waals surface area contributed by atoms with E-state index >= 15 is 0 Å². The number of benzene rings is 1. The molecule has 1 unspecified atom stereocenters. The van der Waals surface area contributed by atoms with Crippen molar-refractivity contribution in [3.05, 3.63) is 29.8 Å². The predicted molar refractivity (Wildman–Crippen MR) is 80.5 cm³/mol. The smallest absolute Gasteiger partial charge is 0.224 e. The highest BCUT2D eigenvalue weighted by atomic mass is 32.1. The third-order valence-corrected chi connectivity index (χ3v) is 3.42. The maximum atomic E-state index is 11.8. The van der Waals surface area contributed by atoms with Gasteiger partial charge in [-0.3, -0.25) is 4.79 Å². The number of aliphatic hydroxyl groups is 1. The van der Waals surface area contributed by atoms with Crippen LogP contribution in [-0.4, -0.2) is 24.2 Å². The maximum Gasteiger partial charge on any atom is 0.224 e. The van der Waals surface area contributed by atoms with Crippen molar-refractivity contribution in [1.29, 1.82) is 0 Å². The van der Waals surface area contributed by atoms with E-state index in [1.54, 1.807) is 0 Å². The minimum Gasteiger partial charge on any atom is -0.396 e. The van der Waals surface area contributed by atoms with Gasteiger partial charge < -0.3 is 10.4 Å². The summed E-state index contributed by atoms with van der Waals surface area (Å²) in [6, 6.07) is 7.60. The molecule has 4 heteroatoms. The molecule has 2 N–H and O–H groups in total. The van der Waals surface area contributed by atoms with E-state index in [4.69, 9.17) is 5.11 Å². The van der Waals surface area contributed by atoms with Gasteiger partial charge in [0.05, 0.1) is 6.42 Å². The molecule has 0 heterocycles. The van der Waals surface area contributed by atoms with Crippen molar-refractivity contribution >= 4 is 18.5 Å². The summed E-state index contributed by atoms with van der Waals surface area (Å²) in [5, 5.41) is 11.9. The Labute approximate surface area is 120 Å². The minimum atomic E-state index is 0.0333. The summed E-state index contributed by atoms with van der Waals surface area (Å²) in [6.45, 7) is 2.95. The van der Waals surface area contributed by atoms with Gasteiger partial charge in [-0.2, -0.15) is 0 Å². The molecule has 19 heavy (non-hydrogen) atoms. The van der Waals surface area contributed by atoms with Crippen molar-refractivity contribution in [1.82, 2.24) is 5.32 Å². The minimum absolute atomic E-state index is 0.0333. The largest absolute Gasteiger partial charge is 0.396 e. The predicted octanol–water partition coefficient (Wildman–Crippen LogP) is 2.43. The number of hydrogen-bond donors (Lipinski definition) is 3. The number of thiol groups is 1. The van der Waals surface area contributed by atoms with E-state index in [-0.39, 0.29) is 12.5 Å². The summed E-state index contributed by atoms with van der Waals surface area (Å²) in [6.07, 6.45) is 3.26. The Hall–Kier alpha value is -1.00. The molecule has 1 amide bonds. The molecular formula is C15H23NO2S. The van der Waals surface area contributed by atoms with Gasteiger partial charge in [0.25, 0.3) is 0 Å². The zero-order chi connectivity index (χ0) is 14.1. The Balaban J connectivity index is 2.35. The Morgan fingerprint density at radius 3 is 2.58 bits per heavy atom. The maximum absolute atomic E-state index is 11.8. The number of carbonyl (C=O) groups excluding carboxylic acids is 1. The zero-order valence-corrected chi connectivity index (χ0v) is 12.3. The van der Waals surface area contributed by atoms with Gasteiger partial charge in [-0.25, -0.2) is 0 Å². The summed E-state index contributed by atoms with van der Waals surface area (Å²) in [4.78, 5) is 12.7. The third kappa shape index (κ3) is 6.64. The van der Waals surface area contributed by atoms with Crippen LogP contribution in [0, 0.1) is 5.92 Å². The molecular weight excluding hydrogens is 258 g/mol. The number of carbonyl (C=O) groups is 1. The first-order valence-electron chi connectivity index (χ1n) is 6.81. The third-order valence-electron chi connectivity index (χ3n) is 3.12. The average Bonchev–Trinajstić information content (AvgIpc) is 2.39. The number of aliphatic hydroxyl groups excluding tert-OH is 1. The first kappa shape index (κ1) is 16.1. The second-order valence-electron chi connectivity index (χ2n) is 4.81. The molecule has 0 saturated carbocycles. The van der Waals surface area contributed by atoms with Gasteiger partial charge in [-0.15, -0.1) is 12.6 Å². The van der Waals surface area contributed by atoms with E-state index in [2.05, 4.69) is 24.9 Å². The normalized spacial score (nSPS) is 12.2. The van der Waals surface area contributed by atoms with Crippen LogP contribution < -0.4 is 5.32 Å². The van der Waals surface area contributed by atoms with Crippen molar-refractivity contribution < 1.29 is 9.90 Å². The van der Waals surface area contributed by atoms with Gasteiger partial charge in [0, 0.05) is 18.0 Å². The number of amides is 1. The molecule has 0 bridgehead atoms. The zero-order valence-electron chi connectivity index (χ0n) is 11.4. The quantitative estimate of drug-likeness (QED) is 0.641. The standard InChI is InChI=1S/C15H23NO2S/c1-2-3-13(8-9-17)11-16-15(18)10-12-4-6-14(19)7-5-12/h4-7,13,17,19H,2-3,8-11H2,1H3,(H,16,18). The summed E-state index contributed by atoms with van der Waals surface area (Å²) < 4.78 is 0. The summed E-state index contributed by atoms with van der Waals surface area (Å²) >= 11 is 4.21. The number of nitrogens with one attached hydrogen (secondary N) is 1. The van der Waals surface area contributed by atoms with E-state index in [9.17, 15) is 4.79 Å². The van der Waals surface area contributed by atoms with Crippen molar-refractivity contribution in [2.75, 3.05) is 13.2 Å². The van der Waals surface area contributed by atoms with Gasteiger partial charge in [0.1, 0.15) is 0 Å². The molecule has 0 saturated heterocycles. The van der Waals surface area contributed by atoms with Gasteiger partial charge in [-0.05, 0) is 36.5 Å². The Kier molecular flexibility index (Phi) is 7.60. The second kappa shape index (κ2) is 8.99. The van der Waals surface area contributed by atoms with Gasteiger partial charge >= 0.3 is 0 Å². The van der Waals surface area contributed by atoms with Gasteiger partial charge in [0.2, 0.25) is 5.91 Å². The van der Waals surface area contributed by atoms with Crippen LogP contribution in [0.5, 0.6) is 0 Å². The monoisotopic (exact) mass is 281 g/mol. The van der Waals surface area contributed by atoms with E-state index in [0.717, 1.165) is 29.7 Å². The van der Waals surface area contributed by atoms with E-state index < -0.39 is 0 Å². The lowest BCUT2D eigenvalue weighted by atomic mass is 10.00. The molecule has 0 radical (unpaired) electrons. The highest BCUT2D eigenvalue weighted by Gasteiger charge is 2.09. The summed E-state index contributed by atoms with van der Waals surface area (Å²) in [7, 11) is 0. The molecule has 0 aliphatic rings. The fourth-order valence-electron chi connectivity index (χ4n) is 2.06. The van der Waals surface area contributed by atoms with Gasteiger partial charge in [-0.1, -0.05) is 25.5 Å². The number of hydrogen-bond acceptors (Lipinski definition) is 3. The highest BCUT2D eigenvalue weighted by Crippen LogP contribution is 2.10. The SMILES string of the molecule is CCCC(CCO)CNC(=O)Cc1ccc(S)cc1. The lowest BCUT2D eigenvalue weighted by Crippen LogP contribution is -2.30. The van der Waals surface area contributed by atoms with Gasteiger partial charge in [0.15, 0.2) is 0 Å². The molecule has 1 atom stereocenters.